The van der Waals surface area contributed by atoms with Crippen molar-refractivity contribution in [1.82, 2.24) is 0 Å². The molecule has 1 fully saturated rings. The highest BCUT2D eigenvalue weighted by atomic mass is 16.5. The zero-order chi connectivity index (χ0) is 29.3. The van der Waals surface area contributed by atoms with Gasteiger partial charge in [-0.1, -0.05) is 24.3 Å². The van der Waals surface area contributed by atoms with Gasteiger partial charge < -0.3 is 29.9 Å². The van der Waals surface area contributed by atoms with Crippen LogP contribution in [0.2, 0.25) is 0 Å². The van der Waals surface area contributed by atoms with Gasteiger partial charge in [-0.15, -0.1) is 0 Å². The van der Waals surface area contributed by atoms with Crippen LogP contribution in [0.5, 0.6) is 23.0 Å². The summed E-state index contributed by atoms with van der Waals surface area (Å²) >= 11 is 0. The summed E-state index contributed by atoms with van der Waals surface area (Å²) < 4.78 is 11.5. The molecule has 5 rings (SSSR count). The lowest BCUT2D eigenvalue weighted by Crippen LogP contribution is -2.07. The minimum Gasteiger partial charge on any atom is -0.478 e. The Balaban J connectivity index is 1.22. The Morgan fingerprint density at radius 3 is 1.10 bits per heavy atom. The normalized spacial score (nSPS) is 15.5. The Kier molecular flexibility index (Phi) is 7.13. The van der Waals surface area contributed by atoms with E-state index < -0.39 is 23.9 Å². The molecule has 41 heavy (non-hydrogen) atoms. The van der Waals surface area contributed by atoms with E-state index in [4.69, 9.17) is 19.7 Å². The third-order valence-corrected chi connectivity index (χ3v) is 6.78. The highest BCUT2D eigenvalue weighted by Crippen LogP contribution is 2.55. The Morgan fingerprint density at radius 2 is 0.780 bits per heavy atom. The average Bonchev–Trinajstić information content (AvgIpc) is 3.74. The van der Waals surface area contributed by atoms with Gasteiger partial charge >= 0.3 is 23.9 Å². The molecule has 0 bridgehead atoms. The number of carboxylic acids is 4. The molecule has 1 aliphatic rings. The predicted molar refractivity (Wildman–Crippen MR) is 144 cm³/mol. The van der Waals surface area contributed by atoms with Crippen LogP contribution in [0.1, 0.15) is 70.8 Å². The summed E-state index contributed by atoms with van der Waals surface area (Å²) in [6.45, 7) is 0. The van der Waals surface area contributed by atoms with Crippen molar-refractivity contribution in [2.24, 2.45) is 0 Å². The molecule has 1 aliphatic carbocycles. The van der Waals surface area contributed by atoms with E-state index in [2.05, 4.69) is 0 Å². The zero-order valence-electron chi connectivity index (χ0n) is 21.2. The lowest BCUT2D eigenvalue weighted by atomic mass is 10.0. The molecule has 206 valence electrons. The molecule has 0 heterocycles. The van der Waals surface area contributed by atoms with Crippen LogP contribution in [-0.2, 0) is 0 Å². The maximum absolute atomic E-state index is 11.4. The van der Waals surface area contributed by atoms with Crippen molar-refractivity contribution in [2.75, 3.05) is 0 Å². The Morgan fingerprint density at radius 1 is 0.463 bits per heavy atom. The monoisotopic (exact) mass is 554 g/mol. The van der Waals surface area contributed by atoms with E-state index in [-0.39, 0.29) is 33.8 Å². The van der Waals surface area contributed by atoms with E-state index in [0.29, 0.717) is 23.3 Å². The fourth-order valence-electron chi connectivity index (χ4n) is 4.67. The van der Waals surface area contributed by atoms with Crippen molar-refractivity contribution in [3.8, 4) is 23.0 Å². The smallest absolute Gasteiger partial charge is 0.336 e. The van der Waals surface area contributed by atoms with Crippen LogP contribution in [0.15, 0.2) is 84.9 Å². The summed E-state index contributed by atoms with van der Waals surface area (Å²) in [5.41, 5.74) is 0.863. The molecule has 2 atom stereocenters. The van der Waals surface area contributed by atoms with E-state index in [1.807, 2.05) is 24.3 Å². The predicted octanol–water partition coefficient (Wildman–Crippen LogP) is 6.34. The maximum Gasteiger partial charge on any atom is 0.336 e. The van der Waals surface area contributed by atoms with Crippen LogP contribution in [0.25, 0.3) is 0 Å². The van der Waals surface area contributed by atoms with Crippen molar-refractivity contribution in [3.63, 3.8) is 0 Å². The fourth-order valence-corrected chi connectivity index (χ4v) is 4.67. The Labute approximate surface area is 232 Å². The summed E-state index contributed by atoms with van der Waals surface area (Å²) in [6, 6.07) is 22.4. The second-order valence-corrected chi connectivity index (χ2v) is 9.43. The first-order valence-electron chi connectivity index (χ1n) is 12.4. The summed E-state index contributed by atoms with van der Waals surface area (Å²) in [5.74, 6) is -3.40. The molecule has 0 radical (unpaired) electrons. The number of rotatable bonds is 10. The molecule has 4 aromatic rings. The zero-order valence-corrected chi connectivity index (χ0v) is 21.2. The summed E-state index contributed by atoms with van der Waals surface area (Å²) in [7, 11) is 0. The molecule has 0 spiro atoms. The SMILES string of the molecule is O=C(O)c1ccc(Oc2ccc(C3CC3c3ccc(Oc4ccc(C(=O)O)c(C(=O)O)c4)cc3)cc2)cc1C(=O)O. The second kappa shape index (κ2) is 10.9. The molecule has 0 aromatic heterocycles. The van der Waals surface area contributed by atoms with E-state index in [1.165, 1.54) is 36.4 Å². The van der Waals surface area contributed by atoms with Gasteiger partial charge in [-0.05, 0) is 90.0 Å². The van der Waals surface area contributed by atoms with Crippen LogP contribution in [0.3, 0.4) is 0 Å². The van der Waals surface area contributed by atoms with Crippen molar-refractivity contribution < 1.29 is 49.1 Å². The molecule has 4 aromatic carbocycles. The third kappa shape index (κ3) is 5.86. The number of hydrogen-bond donors (Lipinski definition) is 4. The number of hydrogen-bond acceptors (Lipinski definition) is 6. The van der Waals surface area contributed by atoms with Crippen molar-refractivity contribution >= 4 is 23.9 Å². The number of carbonyl (C=O) groups is 4. The number of aromatic carboxylic acids is 4. The first-order valence-corrected chi connectivity index (χ1v) is 12.4. The molecule has 1 saturated carbocycles. The average molecular weight is 555 g/mol. The molecule has 0 amide bonds. The van der Waals surface area contributed by atoms with Crippen molar-refractivity contribution in [3.05, 3.63) is 118 Å². The maximum atomic E-state index is 11.4. The Hall–Kier alpha value is -5.64. The van der Waals surface area contributed by atoms with Gasteiger partial charge in [-0.3, -0.25) is 0 Å². The summed E-state index contributed by atoms with van der Waals surface area (Å²) in [6.07, 6.45) is 0.942. The highest BCUT2D eigenvalue weighted by molar-refractivity contribution is 6.02. The van der Waals surface area contributed by atoms with Gasteiger partial charge in [0.1, 0.15) is 23.0 Å². The third-order valence-electron chi connectivity index (χ3n) is 6.78. The fraction of sp³-hybridized carbons (Fsp3) is 0.0968. The molecular formula is C31H22O10. The number of benzene rings is 4. The molecule has 4 N–H and O–H groups in total. The second-order valence-electron chi connectivity index (χ2n) is 9.43. The largest absolute Gasteiger partial charge is 0.478 e. The first-order chi connectivity index (χ1) is 19.6. The molecule has 0 aliphatic heterocycles. The van der Waals surface area contributed by atoms with E-state index in [0.717, 1.165) is 17.5 Å². The van der Waals surface area contributed by atoms with Gasteiger partial charge in [0.05, 0.1) is 22.3 Å². The van der Waals surface area contributed by atoms with Crippen molar-refractivity contribution in [1.29, 1.82) is 0 Å². The van der Waals surface area contributed by atoms with Gasteiger partial charge in [-0.25, -0.2) is 19.2 Å². The lowest BCUT2D eigenvalue weighted by Gasteiger charge is -2.10. The topological polar surface area (TPSA) is 168 Å². The van der Waals surface area contributed by atoms with Gasteiger partial charge in [0, 0.05) is 0 Å². The van der Waals surface area contributed by atoms with Gasteiger partial charge in [-0.2, -0.15) is 0 Å². The van der Waals surface area contributed by atoms with E-state index in [1.54, 1.807) is 24.3 Å². The van der Waals surface area contributed by atoms with Gasteiger partial charge in [0.25, 0.3) is 0 Å². The van der Waals surface area contributed by atoms with Crippen LogP contribution < -0.4 is 9.47 Å². The molecule has 10 nitrogen and oxygen atoms in total. The molecule has 2 unspecified atom stereocenters. The minimum atomic E-state index is -1.36. The molecule has 10 heteroatoms. The molecular weight excluding hydrogens is 532 g/mol. The summed E-state index contributed by atoms with van der Waals surface area (Å²) in [4.78, 5) is 45.3. The first kappa shape index (κ1) is 26.9. The standard InChI is InChI=1S/C31H22O10/c32-28(33)22-11-9-20(13-26(22)30(36)37)40-18-5-1-16(2-6-18)24-15-25(24)17-3-7-19(8-4-17)41-21-10-12-23(29(34)35)27(14-21)31(38)39/h1-14,24-25H,15H2,(H,32,33)(H,34,35)(H,36,37)(H,38,39). The van der Waals surface area contributed by atoms with Crippen LogP contribution in [0, 0.1) is 0 Å². The summed E-state index contributed by atoms with van der Waals surface area (Å²) in [5, 5.41) is 36.9. The number of ether oxygens (including phenoxy) is 2. The van der Waals surface area contributed by atoms with Crippen molar-refractivity contribution in [2.45, 2.75) is 18.3 Å². The van der Waals surface area contributed by atoms with E-state index >= 15 is 0 Å². The minimum absolute atomic E-state index is 0.212. The lowest BCUT2D eigenvalue weighted by molar-refractivity contribution is 0.0651. The van der Waals surface area contributed by atoms with Crippen LogP contribution in [0.4, 0.5) is 0 Å². The van der Waals surface area contributed by atoms with Crippen LogP contribution >= 0.6 is 0 Å². The number of carboxylic acid groups (broad SMARTS) is 4. The Bertz CT molecular complexity index is 1550. The molecule has 0 saturated heterocycles. The van der Waals surface area contributed by atoms with E-state index in [9.17, 15) is 29.4 Å². The highest BCUT2D eigenvalue weighted by Gasteiger charge is 2.39. The quantitative estimate of drug-likeness (QED) is 0.174. The van der Waals surface area contributed by atoms with Crippen LogP contribution in [-0.4, -0.2) is 44.3 Å². The van der Waals surface area contributed by atoms with Gasteiger partial charge in [0.2, 0.25) is 0 Å². The van der Waals surface area contributed by atoms with Gasteiger partial charge in [0.15, 0.2) is 0 Å².